The molecule has 8 heteroatoms. The lowest BCUT2D eigenvalue weighted by Crippen LogP contribution is -2.49. The smallest absolute Gasteiger partial charge is 0.327 e. The average molecular weight is 347 g/mol. The second-order valence-electron chi connectivity index (χ2n) is 7.70. The molecule has 1 aromatic heterocycles. The van der Waals surface area contributed by atoms with Gasteiger partial charge in [0.25, 0.3) is 5.91 Å². The summed E-state index contributed by atoms with van der Waals surface area (Å²) in [5.41, 5.74) is 5.13. The first-order chi connectivity index (χ1) is 12.0. The van der Waals surface area contributed by atoms with Crippen LogP contribution in [-0.2, 0) is 16.9 Å². The fourth-order valence-corrected chi connectivity index (χ4v) is 4.56. The van der Waals surface area contributed by atoms with Gasteiger partial charge in [0.1, 0.15) is 12.1 Å². The van der Waals surface area contributed by atoms with E-state index in [1.54, 1.807) is 11.9 Å². The van der Waals surface area contributed by atoms with Gasteiger partial charge in [0.05, 0.1) is 5.54 Å². The molecule has 3 fully saturated rings. The van der Waals surface area contributed by atoms with E-state index in [9.17, 15) is 9.59 Å². The second-order valence-corrected chi connectivity index (χ2v) is 7.70. The van der Waals surface area contributed by atoms with E-state index >= 15 is 0 Å². The summed E-state index contributed by atoms with van der Waals surface area (Å²) >= 11 is 0. The van der Waals surface area contributed by atoms with Crippen LogP contribution in [0.15, 0.2) is 4.52 Å². The molecule has 3 aliphatic rings. The number of hydrogen-bond acceptors (Lipinski definition) is 6. The standard InChI is InChI=1S/C17H25N5O3/c1-21-15(24)22(14(23)17(21)9-3-2-4-10-17)11-12-19-13(20-25-12)16(18)7-5-6-8-16/h2-11,18H2,1H3. The molecule has 0 bridgehead atoms. The van der Waals surface area contributed by atoms with Crippen molar-refractivity contribution >= 4 is 11.9 Å². The summed E-state index contributed by atoms with van der Waals surface area (Å²) in [5.74, 6) is 0.622. The highest BCUT2D eigenvalue weighted by atomic mass is 16.5. The Balaban J connectivity index is 1.54. The zero-order chi connectivity index (χ0) is 17.7. The lowest BCUT2D eigenvalue weighted by molar-refractivity contribution is -0.135. The van der Waals surface area contributed by atoms with Crippen molar-refractivity contribution in [2.24, 2.45) is 5.73 Å². The van der Waals surface area contributed by atoms with Gasteiger partial charge in [-0.1, -0.05) is 37.3 Å². The Bertz CT molecular complexity index is 688. The van der Waals surface area contributed by atoms with Gasteiger partial charge in [-0.05, 0) is 25.7 Å². The lowest BCUT2D eigenvalue weighted by Gasteiger charge is -2.35. The summed E-state index contributed by atoms with van der Waals surface area (Å²) in [4.78, 5) is 32.9. The number of nitrogens with zero attached hydrogens (tertiary/aromatic N) is 4. The lowest BCUT2D eigenvalue weighted by atomic mass is 9.81. The molecule has 8 nitrogen and oxygen atoms in total. The van der Waals surface area contributed by atoms with Crippen LogP contribution >= 0.6 is 0 Å². The van der Waals surface area contributed by atoms with Crippen molar-refractivity contribution in [3.63, 3.8) is 0 Å². The van der Waals surface area contributed by atoms with E-state index in [2.05, 4.69) is 10.1 Å². The molecule has 0 unspecified atom stereocenters. The largest absolute Gasteiger partial charge is 0.337 e. The third-order valence-corrected chi connectivity index (χ3v) is 6.19. The fraction of sp³-hybridized carbons (Fsp3) is 0.765. The van der Waals surface area contributed by atoms with Gasteiger partial charge >= 0.3 is 6.03 Å². The van der Waals surface area contributed by atoms with Crippen LogP contribution in [0.3, 0.4) is 0 Å². The van der Waals surface area contributed by atoms with Gasteiger partial charge in [0.2, 0.25) is 5.89 Å². The van der Waals surface area contributed by atoms with Gasteiger partial charge in [-0.15, -0.1) is 0 Å². The molecule has 1 spiro atoms. The number of carbonyl (C=O) groups excluding carboxylic acids is 2. The summed E-state index contributed by atoms with van der Waals surface area (Å²) in [6.45, 7) is 0.0207. The minimum Gasteiger partial charge on any atom is -0.337 e. The first kappa shape index (κ1) is 16.5. The van der Waals surface area contributed by atoms with Crippen LogP contribution < -0.4 is 5.73 Å². The van der Waals surface area contributed by atoms with Gasteiger partial charge < -0.3 is 15.2 Å². The number of nitrogens with two attached hydrogens (primary N) is 1. The number of amides is 3. The van der Waals surface area contributed by atoms with Crippen LogP contribution in [0.5, 0.6) is 0 Å². The molecular weight excluding hydrogens is 322 g/mol. The van der Waals surface area contributed by atoms with Gasteiger partial charge in [-0.25, -0.2) is 4.79 Å². The van der Waals surface area contributed by atoms with Crippen molar-refractivity contribution < 1.29 is 14.1 Å². The Morgan fingerprint density at radius 2 is 1.72 bits per heavy atom. The monoisotopic (exact) mass is 347 g/mol. The number of carbonyl (C=O) groups is 2. The highest BCUT2D eigenvalue weighted by Crippen LogP contribution is 2.40. The third-order valence-electron chi connectivity index (χ3n) is 6.19. The van der Waals surface area contributed by atoms with E-state index in [1.807, 2.05) is 0 Å². The summed E-state index contributed by atoms with van der Waals surface area (Å²) < 4.78 is 5.31. The zero-order valence-corrected chi connectivity index (χ0v) is 14.7. The maximum atomic E-state index is 13.0. The minimum atomic E-state index is -0.682. The molecule has 1 aliphatic heterocycles. The maximum absolute atomic E-state index is 13.0. The number of imide groups is 1. The predicted molar refractivity (Wildman–Crippen MR) is 88.2 cm³/mol. The molecule has 2 aliphatic carbocycles. The van der Waals surface area contributed by atoms with Crippen molar-refractivity contribution in [2.45, 2.75) is 75.4 Å². The van der Waals surface area contributed by atoms with Crippen molar-refractivity contribution in [1.82, 2.24) is 19.9 Å². The van der Waals surface area contributed by atoms with Gasteiger partial charge in [0, 0.05) is 7.05 Å². The van der Waals surface area contributed by atoms with E-state index in [-0.39, 0.29) is 24.4 Å². The molecule has 1 saturated heterocycles. The molecule has 4 rings (SSSR count). The Hall–Kier alpha value is -1.96. The van der Waals surface area contributed by atoms with E-state index in [1.165, 1.54) is 4.90 Å². The Morgan fingerprint density at radius 1 is 1.08 bits per heavy atom. The van der Waals surface area contributed by atoms with Crippen LogP contribution in [-0.4, -0.2) is 44.5 Å². The molecule has 0 atom stereocenters. The SMILES string of the molecule is CN1C(=O)N(Cc2nc(C3(N)CCCC3)no2)C(=O)C12CCCCC2. The molecular formula is C17H25N5O3. The maximum Gasteiger partial charge on any atom is 0.327 e. The number of aromatic nitrogens is 2. The first-order valence-electron chi connectivity index (χ1n) is 9.18. The Labute approximate surface area is 146 Å². The van der Waals surface area contributed by atoms with Gasteiger partial charge in [-0.3, -0.25) is 9.69 Å². The predicted octanol–water partition coefficient (Wildman–Crippen LogP) is 1.89. The molecule has 2 heterocycles. The quantitative estimate of drug-likeness (QED) is 0.837. The summed E-state index contributed by atoms with van der Waals surface area (Å²) in [6.07, 6.45) is 8.28. The highest BCUT2D eigenvalue weighted by Gasteiger charge is 2.55. The van der Waals surface area contributed by atoms with Gasteiger partial charge in [-0.2, -0.15) is 4.98 Å². The van der Waals surface area contributed by atoms with E-state index < -0.39 is 11.1 Å². The summed E-state index contributed by atoms with van der Waals surface area (Å²) in [7, 11) is 1.72. The topological polar surface area (TPSA) is 106 Å². The van der Waals surface area contributed by atoms with Crippen LogP contribution in [0.1, 0.15) is 69.5 Å². The molecule has 25 heavy (non-hydrogen) atoms. The van der Waals surface area contributed by atoms with Crippen LogP contribution in [0, 0.1) is 0 Å². The molecule has 136 valence electrons. The highest BCUT2D eigenvalue weighted by molar-refractivity contribution is 6.06. The number of hydrogen-bond donors (Lipinski definition) is 1. The van der Waals surface area contributed by atoms with Crippen molar-refractivity contribution in [2.75, 3.05) is 7.05 Å². The number of likely N-dealkylation sites (N-methyl/N-ethyl adjacent to an activating group) is 1. The minimum absolute atomic E-state index is 0.0207. The number of urea groups is 1. The van der Waals surface area contributed by atoms with Crippen LogP contribution in [0.2, 0.25) is 0 Å². The van der Waals surface area contributed by atoms with E-state index in [0.717, 1.165) is 57.8 Å². The van der Waals surface area contributed by atoms with Crippen LogP contribution in [0.4, 0.5) is 4.79 Å². The average Bonchev–Trinajstić information content (AvgIpc) is 3.31. The zero-order valence-electron chi connectivity index (χ0n) is 14.7. The summed E-state index contributed by atoms with van der Waals surface area (Å²) in [5, 5.41) is 4.01. The normalized spacial score (nSPS) is 25.4. The van der Waals surface area contributed by atoms with Gasteiger partial charge in [0.15, 0.2) is 5.82 Å². The Morgan fingerprint density at radius 3 is 2.40 bits per heavy atom. The van der Waals surface area contributed by atoms with Crippen molar-refractivity contribution in [1.29, 1.82) is 0 Å². The second kappa shape index (κ2) is 5.79. The van der Waals surface area contributed by atoms with Crippen molar-refractivity contribution in [3.8, 4) is 0 Å². The van der Waals surface area contributed by atoms with Crippen LogP contribution in [0.25, 0.3) is 0 Å². The molecule has 0 radical (unpaired) electrons. The third kappa shape index (κ3) is 2.46. The first-order valence-corrected chi connectivity index (χ1v) is 9.18. The summed E-state index contributed by atoms with van der Waals surface area (Å²) in [6, 6.07) is -0.282. The van der Waals surface area contributed by atoms with Crippen molar-refractivity contribution in [3.05, 3.63) is 11.7 Å². The van der Waals surface area contributed by atoms with E-state index in [0.29, 0.717) is 5.82 Å². The molecule has 2 saturated carbocycles. The fourth-order valence-electron chi connectivity index (χ4n) is 4.56. The Kier molecular flexibility index (Phi) is 3.82. The number of rotatable bonds is 3. The molecule has 3 amide bonds. The molecule has 0 aromatic carbocycles. The molecule has 2 N–H and O–H groups in total. The molecule has 1 aromatic rings. The van der Waals surface area contributed by atoms with E-state index in [4.69, 9.17) is 10.3 Å².